The Morgan fingerprint density at radius 3 is 2.74 bits per heavy atom. The van der Waals surface area contributed by atoms with Gasteiger partial charge in [-0.3, -0.25) is 4.79 Å². The summed E-state index contributed by atoms with van der Waals surface area (Å²) in [6, 6.07) is 6.68. The van der Waals surface area contributed by atoms with Gasteiger partial charge in [0.2, 0.25) is 5.91 Å². The Morgan fingerprint density at radius 1 is 1.30 bits per heavy atom. The number of aromatic nitrogens is 1. The Bertz CT molecular complexity index is 687. The summed E-state index contributed by atoms with van der Waals surface area (Å²) in [5.74, 6) is 0.0965. The first kappa shape index (κ1) is 16.3. The van der Waals surface area contributed by atoms with E-state index in [0.717, 1.165) is 42.1 Å². The zero-order valence-corrected chi connectivity index (χ0v) is 14.5. The summed E-state index contributed by atoms with van der Waals surface area (Å²) < 4.78 is 0. The van der Waals surface area contributed by atoms with Gasteiger partial charge in [0, 0.05) is 34.2 Å². The number of halogens is 1. The maximum Gasteiger partial charge on any atom is 0.224 e. The van der Waals surface area contributed by atoms with Crippen LogP contribution in [0.3, 0.4) is 0 Å². The molecule has 0 radical (unpaired) electrons. The van der Waals surface area contributed by atoms with E-state index in [1.165, 1.54) is 0 Å². The molecule has 2 N–H and O–H groups in total. The fourth-order valence-corrected chi connectivity index (χ4v) is 3.66. The van der Waals surface area contributed by atoms with E-state index in [1.807, 2.05) is 24.4 Å². The van der Waals surface area contributed by atoms with Crippen molar-refractivity contribution < 1.29 is 4.79 Å². The molecule has 1 saturated carbocycles. The molecule has 0 bridgehead atoms. The molecule has 124 valence electrons. The van der Waals surface area contributed by atoms with E-state index in [9.17, 15) is 4.79 Å². The van der Waals surface area contributed by atoms with Crippen LogP contribution in [0.15, 0.2) is 24.4 Å². The second kappa shape index (κ2) is 6.93. The van der Waals surface area contributed by atoms with Crippen molar-refractivity contribution in [1.82, 2.24) is 15.2 Å². The Hall–Kier alpha value is -1.52. The third-order valence-corrected chi connectivity index (χ3v) is 5.11. The van der Waals surface area contributed by atoms with Gasteiger partial charge in [-0.2, -0.15) is 0 Å². The number of amides is 1. The lowest BCUT2D eigenvalue weighted by molar-refractivity contribution is -0.121. The topological polar surface area (TPSA) is 48.1 Å². The highest BCUT2D eigenvalue weighted by atomic mass is 35.5. The normalized spacial score (nSPS) is 21.7. The van der Waals surface area contributed by atoms with Gasteiger partial charge in [-0.25, -0.2) is 0 Å². The van der Waals surface area contributed by atoms with Crippen molar-refractivity contribution in [3.63, 3.8) is 0 Å². The molecular formula is C18H24ClN3O. The van der Waals surface area contributed by atoms with Crippen LogP contribution in [0.2, 0.25) is 5.02 Å². The molecule has 1 aliphatic rings. The van der Waals surface area contributed by atoms with Gasteiger partial charge in [0.05, 0.1) is 6.42 Å². The molecule has 0 saturated heterocycles. The fraction of sp³-hybridized carbons (Fsp3) is 0.500. The van der Waals surface area contributed by atoms with Crippen molar-refractivity contribution >= 4 is 28.4 Å². The molecule has 0 unspecified atom stereocenters. The Kier molecular flexibility index (Phi) is 4.93. The van der Waals surface area contributed by atoms with Crippen LogP contribution >= 0.6 is 11.6 Å². The summed E-state index contributed by atoms with van der Waals surface area (Å²) in [6.45, 7) is 0. The Labute approximate surface area is 142 Å². The van der Waals surface area contributed by atoms with Gasteiger partial charge in [-0.05, 0) is 63.5 Å². The summed E-state index contributed by atoms with van der Waals surface area (Å²) in [7, 11) is 4.26. The lowest BCUT2D eigenvalue weighted by atomic mass is 9.90. The van der Waals surface area contributed by atoms with Gasteiger partial charge in [0.25, 0.3) is 0 Å². The first-order chi connectivity index (χ1) is 11.0. The molecule has 1 aromatic heterocycles. The van der Waals surface area contributed by atoms with Crippen LogP contribution in [0.1, 0.15) is 31.2 Å². The van der Waals surface area contributed by atoms with Crippen LogP contribution in [-0.4, -0.2) is 42.0 Å². The van der Waals surface area contributed by atoms with E-state index in [1.54, 1.807) is 0 Å². The maximum absolute atomic E-state index is 12.4. The first-order valence-electron chi connectivity index (χ1n) is 8.24. The minimum absolute atomic E-state index is 0.0965. The molecule has 3 rings (SSSR count). The number of H-pyrrole nitrogens is 1. The summed E-state index contributed by atoms with van der Waals surface area (Å²) in [6.07, 6.45) is 6.74. The molecule has 5 heteroatoms. The number of nitrogens with one attached hydrogen (secondary N) is 2. The molecule has 1 aliphatic carbocycles. The molecule has 0 atom stereocenters. The lowest BCUT2D eigenvalue weighted by Crippen LogP contribution is -2.42. The molecule has 0 aliphatic heterocycles. The summed E-state index contributed by atoms with van der Waals surface area (Å²) >= 11 is 6.06. The molecular weight excluding hydrogens is 310 g/mol. The molecule has 2 aromatic rings. The van der Waals surface area contributed by atoms with Crippen LogP contribution < -0.4 is 5.32 Å². The number of rotatable bonds is 4. The van der Waals surface area contributed by atoms with Crippen LogP contribution in [0.25, 0.3) is 10.9 Å². The smallest absolute Gasteiger partial charge is 0.224 e. The Morgan fingerprint density at radius 2 is 2.04 bits per heavy atom. The average Bonchev–Trinajstić information content (AvgIpc) is 2.90. The van der Waals surface area contributed by atoms with Crippen molar-refractivity contribution in [2.75, 3.05) is 14.1 Å². The fourth-order valence-electron chi connectivity index (χ4n) is 3.49. The van der Waals surface area contributed by atoms with Gasteiger partial charge in [-0.15, -0.1) is 0 Å². The minimum Gasteiger partial charge on any atom is -0.361 e. The predicted octanol–water partition coefficient (Wildman–Crippen LogP) is 3.35. The number of carbonyl (C=O) groups is 1. The zero-order chi connectivity index (χ0) is 16.4. The molecule has 1 fully saturated rings. The van der Waals surface area contributed by atoms with Crippen molar-refractivity contribution in [3.05, 3.63) is 35.0 Å². The van der Waals surface area contributed by atoms with Crippen molar-refractivity contribution in [3.8, 4) is 0 Å². The van der Waals surface area contributed by atoms with Crippen LogP contribution in [0, 0.1) is 0 Å². The molecule has 1 aromatic carbocycles. The van der Waals surface area contributed by atoms with E-state index in [0.29, 0.717) is 23.5 Å². The highest BCUT2D eigenvalue weighted by Crippen LogP contribution is 2.24. The molecule has 1 amide bonds. The van der Waals surface area contributed by atoms with Gasteiger partial charge < -0.3 is 15.2 Å². The summed E-state index contributed by atoms with van der Waals surface area (Å²) in [5, 5.41) is 4.92. The number of benzene rings is 1. The van der Waals surface area contributed by atoms with Gasteiger partial charge in [-0.1, -0.05) is 11.6 Å². The third-order valence-electron chi connectivity index (χ3n) is 4.87. The number of nitrogens with zero attached hydrogens (tertiary/aromatic N) is 1. The number of fused-ring (bicyclic) bond motifs is 1. The molecule has 4 nitrogen and oxygen atoms in total. The zero-order valence-electron chi connectivity index (χ0n) is 13.7. The number of hydrogen-bond donors (Lipinski definition) is 2. The minimum atomic E-state index is 0.0965. The van der Waals surface area contributed by atoms with E-state index in [-0.39, 0.29) is 5.91 Å². The lowest BCUT2D eigenvalue weighted by Gasteiger charge is -2.33. The van der Waals surface area contributed by atoms with Crippen molar-refractivity contribution in [2.45, 2.75) is 44.2 Å². The average molecular weight is 334 g/mol. The summed E-state index contributed by atoms with van der Waals surface area (Å²) in [4.78, 5) is 17.8. The maximum atomic E-state index is 12.4. The summed E-state index contributed by atoms with van der Waals surface area (Å²) in [5.41, 5.74) is 2.02. The van der Waals surface area contributed by atoms with Crippen LogP contribution in [0.5, 0.6) is 0 Å². The van der Waals surface area contributed by atoms with E-state index in [4.69, 9.17) is 11.6 Å². The second-order valence-corrected chi connectivity index (χ2v) is 7.15. The number of carbonyl (C=O) groups excluding carboxylic acids is 1. The van der Waals surface area contributed by atoms with Gasteiger partial charge in [0.1, 0.15) is 0 Å². The van der Waals surface area contributed by atoms with Crippen molar-refractivity contribution in [2.24, 2.45) is 0 Å². The molecule has 1 heterocycles. The second-order valence-electron chi connectivity index (χ2n) is 6.72. The SMILES string of the molecule is CN(C)C1CCC(NC(=O)Cc2c[nH]c3ccc(Cl)cc23)CC1. The highest BCUT2D eigenvalue weighted by molar-refractivity contribution is 6.31. The third kappa shape index (κ3) is 3.88. The highest BCUT2D eigenvalue weighted by Gasteiger charge is 2.23. The molecule has 0 spiro atoms. The first-order valence-corrected chi connectivity index (χ1v) is 8.62. The van der Waals surface area contributed by atoms with E-state index in [2.05, 4.69) is 29.3 Å². The van der Waals surface area contributed by atoms with Crippen molar-refractivity contribution in [1.29, 1.82) is 0 Å². The Balaban J connectivity index is 1.58. The van der Waals surface area contributed by atoms with E-state index >= 15 is 0 Å². The van der Waals surface area contributed by atoms with Crippen LogP contribution in [0.4, 0.5) is 0 Å². The quantitative estimate of drug-likeness (QED) is 0.901. The number of aromatic amines is 1. The van der Waals surface area contributed by atoms with Gasteiger partial charge >= 0.3 is 0 Å². The number of hydrogen-bond acceptors (Lipinski definition) is 2. The molecule has 23 heavy (non-hydrogen) atoms. The standard InChI is InChI=1S/C18H24ClN3O/c1-22(2)15-6-4-14(5-7-15)21-18(23)9-12-11-20-17-8-3-13(19)10-16(12)17/h3,8,10-11,14-15,20H,4-7,9H2,1-2H3,(H,21,23). The van der Waals surface area contributed by atoms with E-state index < -0.39 is 0 Å². The largest absolute Gasteiger partial charge is 0.361 e. The monoisotopic (exact) mass is 333 g/mol. The predicted molar refractivity (Wildman–Crippen MR) is 94.9 cm³/mol. The van der Waals surface area contributed by atoms with Crippen LogP contribution in [-0.2, 0) is 11.2 Å². The van der Waals surface area contributed by atoms with Gasteiger partial charge in [0.15, 0.2) is 0 Å².